The molecule has 4 atom stereocenters. The van der Waals surface area contributed by atoms with E-state index in [9.17, 15) is 29.1 Å². The molecule has 0 aromatic carbocycles. The summed E-state index contributed by atoms with van der Waals surface area (Å²) in [5.74, 6) is -4.74. The number of carboxylic acid groups (broad SMARTS) is 2. The summed E-state index contributed by atoms with van der Waals surface area (Å²) >= 11 is 1.45. The lowest BCUT2D eigenvalue weighted by Crippen LogP contribution is -2.59. The van der Waals surface area contributed by atoms with E-state index < -0.39 is 60.2 Å². The molecular formula is C19H34N4O7S. The van der Waals surface area contributed by atoms with Crippen molar-refractivity contribution in [1.82, 2.24) is 16.0 Å². The van der Waals surface area contributed by atoms with Crippen LogP contribution in [0.3, 0.4) is 0 Å². The number of thioether (sulfide) groups is 1. The molecule has 3 amide bonds. The van der Waals surface area contributed by atoms with Crippen LogP contribution in [0, 0.1) is 11.8 Å². The summed E-state index contributed by atoms with van der Waals surface area (Å²) in [6.07, 6.45) is 1.48. The fourth-order valence-electron chi connectivity index (χ4n) is 2.61. The fraction of sp³-hybridized carbons (Fsp3) is 0.737. The van der Waals surface area contributed by atoms with Crippen molar-refractivity contribution in [3.05, 3.63) is 0 Å². The van der Waals surface area contributed by atoms with Crippen LogP contribution >= 0.6 is 11.8 Å². The van der Waals surface area contributed by atoms with Gasteiger partial charge in [0.25, 0.3) is 0 Å². The van der Waals surface area contributed by atoms with Gasteiger partial charge in [-0.15, -0.1) is 0 Å². The van der Waals surface area contributed by atoms with Crippen molar-refractivity contribution in [2.75, 3.05) is 12.0 Å². The van der Waals surface area contributed by atoms with Gasteiger partial charge < -0.3 is 31.9 Å². The smallest absolute Gasteiger partial charge is 0.326 e. The summed E-state index contributed by atoms with van der Waals surface area (Å²) in [5.41, 5.74) is 5.55. The Balaban J connectivity index is 5.38. The zero-order valence-electron chi connectivity index (χ0n) is 18.5. The number of hydrogen-bond acceptors (Lipinski definition) is 7. The molecule has 0 heterocycles. The first-order valence-corrected chi connectivity index (χ1v) is 11.3. The summed E-state index contributed by atoms with van der Waals surface area (Å²) in [7, 11) is 0. The molecule has 31 heavy (non-hydrogen) atoms. The Morgan fingerprint density at radius 1 is 0.839 bits per heavy atom. The average molecular weight is 463 g/mol. The van der Waals surface area contributed by atoms with Crippen molar-refractivity contribution in [2.45, 2.75) is 64.7 Å². The molecule has 0 saturated carbocycles. The molecule has 4 unspecified atom stereocenters. The lowest BCUT2D eigenvalue weighted by atomic mass is 10.0. The van der Waals surface area contributed by atoms with E-state index in [1.165, 1.54) is 11.8 Å². The summed E-state index contributed by atoms with van der Waals surface area (Å²) in [6.45, 7) is 6.64. The molecule has 0 bridgehead atoms. The Morgan fingerprint density at radius 2 is 1.35 bits per heavy atom. The predicted molar refractivity (Wildman–Crippen MR) is 116 cm³/mol. The number of aliphatic carboxylic acids is 2. The Hall–Kier alpha value is -2.34. The van der Waals surface area contributed by atoms with Gasteiger partial charge in [0.2, 0.25) is 17.7 Å². The number of carbonyl (C=O) groups excluding carboxylic acids is 3. The maximum atomic E-state index is 12.8. The first-order valence-electron chi connectivity index (χ1n) is 9.91. The van der Waals surface area contributed by atoms with Crippen molar-refractivity contribution in [3.63, 3.8) is 0 Å². The van der Waals surface area contributed by atoms with Gasteiger partial charge in [-0.2, -0.15) is 11.8 Å². The van der Waals surface area contributed by atoms with Gasteiger partial charge >= 0.3 is 11.9 Å². The monoisotopic (exact) mass is 462 g/mol. The second-order valence-corrected chi connectivity index (χ2v) is 8.83. The third-order valence-electron chi connectivity index (χ3n) is 4.45. The molecule has 0 fully saturated rings. The molecule has 0 aliphatic rings. The lowest BCUT2D eigenvalue weighted by molar-refractivity contribution is -0.143. The van der Waals surface area contributed by atoms with Gasteiger partial charge in [0.05, 0.1) is 12.5 Å². The highest BCUT2D eigenvalue weighted by Gasteiger charge is 2.32. The van der Waals surface area contributed by atoms with Crippen LogP contribution in [0.25, 0.3) is 0 Å². The SMILES string of the molecule is CSCCC(NC(=O)C(NC(=O)C(N)CC(=O)O)C(C)C)C(=O)NC(C(=O)O)C(C)C. The summed E-state index contributed by atoms with van der Waals surface area (Å²) in [6, 6.07) is -4.51. The highest BCUT2D eigenvalue weighted by molar-refractivity contribution is 7.98. The van der Waals surface area contributed by atoms with E-state index in [4.69, 9.17) is 10.8 Å². The van der Waals surface area contributed by atoms with Crippen molar-refractivity contribution < 1.29 is 34.2 Å². The van der Waals surface area contributed by atoms with Crippen LogP contribution in [0.15, 0.2) is 0 Å². The molecule has 0 saturated heterocycles. The molecule has 0 aromatic rings. The number of hydrogen-bond donors (Lipinski definition) is 6. The van der Waals surface area contributed by atoms with E-state index >= 15 is 0 Å². The highest BCUT2D eigenvalue weighted by atomic mass is 32.2. The van der Waals surface area contributed by atoms with Crippen molar-refractivity contribution in [3.8, 4) is 0 Å². The van der Waals surface area contributed by atoms with Crippen LogP contribution in [-0.4, -0.2) is 76.0 Å². The summed E-state index contributed by atoms with van der Waals surface area (Å²) in [4.78, 5) is 59.8. The lowest BCUT2D eigenvalue weighted by Gasteiger charge is -2.27. The fourth-order valence-corrected chi connectivity index (χ4v) is 3.08. The zero-order chi connectivity index (χ0) is 24.3. The topological polar surface area (TPSA) is 188 Å². The quantitative estimate of drug-likeness (QED) is 0.196. The molecule has 0 rings (SSSR count). The molecule has 11 nitrogen and oxygen atoms in total. The van der Waals surface area contributed by atoms with Gasteiger partial charge in [-0.05, 0) is 30.3 Å². The van der Waals surface area contributed by atoms with Crippen molar-refractivity contribution >= 4 is 41.4 Å². The Bertz CT molecular complexity index is 657. The number of nitrogens with one attached hydrogen (secondary N) is 3. The highest BCUT2D eigenvalue weighted by Crippen LogP contribution is 2.08. The molecule has 12 heteroatoms. The second kappa shape index (κ2) is 13.9. The van der Waals surface area contributed by atoms with Gasteiger partial charge in [-0.25, -0.2) is 4.79 Å². The summed E-state index contributed by atoms with van der Waals surface area (Å²) in [5, 5.41) is 25.5. The molecule has 0 radical (unpaired) electrons. The van der Waals surface area contributed by atoms with Crippen LogP contribution < -0.4 is 21.7 Å². The number of nitrogens with two attached hydrogens (primary N) is 1. The molecule has 178 valence electrons. The Kier molecular flexibility index (Phi) is 12.8. The van der Waals surface area contributed by atoms with Gasteiger partial charge in [0.1, 0.15) is 18.1 Å². The normalized spacial score (nSPS) is 15.0. The summed E-state index contributed by atoms with van der Waals surface area (Å²) < 4.78 is 0. The van der Waals surface area contributed by atoms with Crippen LogP contribution in [0.5, 0.6) is 0 Å². The van der Waals surface area contributed by atoms with Gasteiger partial charge in [-0.1, -0.05) is 27.7 Å². The number of carboxylic acids is 2. The van der Waals surface area contributed by atoms with E-state index in [1.54, 1.807) is 27.7 Å². The van der Waals surface area contributed by atoms with E-state index in [0.717, 1.165) is 0 Å². The number of amides is 3. The van der Waals surface area contributed by atoms with Gasteiger partial charge in [0.15, 0.2) is 0 Å². The minimum Gasteiger partial charge on any atom is -0.481 e. The number of rotatable bonds is 14. The minimum absolute atomic E-state index is 0.250. The van der Waals surface area contributed by atoms with Crippen molar-refractivity contribution in [2.24, 2.45) is 17.6 Å². The number of carbonyl (C=O) groups is 5. The maximum Gasteiger partial charge on any atom is 0.326 e. The third kappa shape index (κ3) is 10.5. The van der Waals surface area contributed by atoms with Crippen LogP contribution in [0.2, 0.25) is 0 Å². The van der Waals surface area contributed by atoms with E-state index in [1.807, 2.05) is 6.26 Å². The standard InChI is InChI=1S/C19H34N4O7S/c1-9(2)14(22-16(26)11(20)8-13(24)25)18(28)21-12(6-7-31-5)17(27)23-15(10(3)4)19(29)30/h9-12,14-15H,6-8,20H2,1-5H3,(H,21,28)(H,22,26)(H,23,27)(H,24,25)(H,29,30). The first kappa shape index (κ1) is 28.7. The van der Waals surface area contributed by atoms with E-state index in [2.05, 4.69) is 16.0 Å². The Labute approximate surface area is 186 Å². The molecular weight excluding hydrogens is 428 g/mol. The second-order valence-electron chi connectivity index (χ2n) is 7.85. The van der Waals surface area contributed by atoms with Crippen molar-refractivity contribution in [1.29, 1.82) is 0 Å². The van der Waals surface area contributed by atoms with Crippen LogP contribution in [-0.2, 0) is 24.0 Å². The van der Waals surface area contributed by atoms with E-state index in [0.29, 0.717) is 5.75 Å². The molecule has 0 spiro atoms. The Morgan fingerprint density at radius 3 is 1.77 bits per heavy atom. The van der Waals surface area contributed by atoms with Gasteiger partial charge in [-0.3, -0.25) is 19.2 Å². The molecule has 0 aliphatic heterocycles. The maximum absolute atomic E-state index is 12.8. The zero-order valence-corrected chi connectivity index (χ0v) is 19.3. The minimum atomic E-state index is -1.33. The molecule has 0 aromatic heterocycles. The van der Waals surface area contributed by atoms with E-state index in [-0.39, 0.29) is 18.3 Å². The first-order chi connectivity index (χ1) is 14.3. The van der Waals surface area contributed by atoms with Crippen LogP contribution in [0.4, 0.5) is 0 Å². The molecule has 7 N–H and O–H groups in total. The average Bonchev–Trinajstić information content (AvgIpc) is 2.65. The predicted octanol–water partition coefficient (Wildman–Crippen LogP) is -0.607. The largest absolute Gasteiger partial charge is 0.481 e. The van der Waals surface area contributed by atoms with Gasteiger partial charge in [0, 0.05) is 0 Å². The third-order valence-corrected chi connectivity index (χ3v) is 5.10. The molecule has 0 aliphatic carbocycles. The van der Waals surface area contributed by atoms with Crippen LogP contribution in [0.1, 0.15) is 40.5 Å².